The zero-order valence-corrected chi connectivity index (χ0v) is 8.06. The van der Waals surface area contributed by atoms with Gasteiger partial charge in [-0.3, -0.25) is 0 Å². The van der Waals surface area contributed by atoms with Gasteiger partial charge >= 0.3 is 0 Å². The highest BCUT2D eigenvalue weighted by atomic mass is 14.5. The summed E-state index contributed by atoms with van der Waals surface area (Å²) >= 11 is 0. The van der Waals surface area contributed by atoms with Crippen LogP contribution in [0.2, 0.25) is 0 Å². The average Bonchev–Trinajstić information content (AvgIpc) is 1.84. The number of fused-ring (bicyclic) bond motifs is 1. The molecule has 0 aromatic heterocycles. The van der Waals surface area contributed by atoms with Crippen LogP contribution in [0.5, 0.6) is 0 Å². The summed E-state index contributed by atoms with van der Waals surface area (Å²) in [5, 5.41) is 0. The lowest BCUT2D eigenvalue weighted by Gasteiger charge is -2.51. The van der Waals surface area contributed by atoms with Crippen molar-refractivity contribution in [3.63, 3.8) is 0 Å². The quantitative estimate of drug-likeness (QED) is 0.498. The number of hydrogen-bond donors (Lipinski definition) is 0. The van der Waals surface area contributed by atoms with Gasteiger partial charge in [-0.25, -0.2) is 0 Å². The lowest BCUT2D eigenvalue weighted by molar-refractivity contribution is -0.0106. The van der Waals surface area contributed by atoms with Crippen molar-refractivity contribution in [3.05, 3.63) is 0 Å². The molecule has 2 saturated carbocycles. The van der Waals surface area contributed by atoms with Gasteiger partial charge in [0.25, 0.3) is 0 Å². The summed E-state index contributed by atoms with van der Waals surface area (Å²) in [4.78, 5) is 0. The van der Waals surface area contributed by atoms with Crippen LogP contribution in [0.25, 0.3) is 0 Å². The van der Waals surface area contributed by atoms with Gasteiger partial charge in [-0.1, -0.05) is 20.8 Å². The first kappa shape index (κ1) is 7.64. The van der Waals surface area contributed by atoms with Gasteiger partial charge in [0.2, 0.25) is 0 Å². The zero-order valence-electron chi connectivity index (χ0n) is 8.06. The van der Waals surface area contributed by atoms with Gasteiger partial charge in [-0.05, 0) is 48.9 Å². The summed E-state index contributed by atoms with van der Waals surface area (Å²) in [6.07, 6.45) is 6.01. The monoisotopic (exact) mass is 152 g/mol. The molecule has 2 fully saturated rings. The highest BCUT2D eigenvalue weighted by molar-refractivity contribution is 4.94. The summed E-state index contributed by atoms with van der Waals surface area (Å²) in [6.45, 7) is 7.30. The van der Waals surface area contributed by atoms with Crippen molar-refractivity contribution >= 4 is 0 Å². The van der Waals surface area contributed by atoms with Gasteiger partial charge in [0.15, 0.2) is 0 Å². The van der Waals surface area contributed by atoms with Crippen LogP contribution in [-0.2, 0) is 0 Å². The Kier molecular flexibility index (Phi) is 1.56. The van der Waals surface area contributed by atoms with Gasteiger partial charge in [-0.15, -0.1) is 0 Å². The Morgan fingerprint density at radius 1 is 1.27 bits per heavy atom. The molecule has 0 spiro atoms. The highest BCUT2D eigenvalue weighted by Crippen LogP contribution is 2.54. The summed E-state index contributed by atoms with van der Waals surface area (Å²) in [5.41, 5.74) is 0.668. The molecule has 2 rings (SSSR count). The fourth-order valence-electron chi connectivity index (χ4n) is 3.22. The van der Waals surface area contributed by atoms with E-state index in [0.717, 1.165) is 17.8 Å². The predicted octanol–water partition coefficient (Wildman–Crippen LogP) is 3.47. The zero-order chi connectivity index (χ0) is 8.06. The maximum absolute atomic E-state index is 2.44. The Morgan fingerprint density at radius 3 is 2.55 bits per heavy atom. The summed E-state index contributed by atoms with van der Waals surface area (Å²) in [6, 6.07) is 0. The van der Waals surface area contributed by atoms with Crippen LogP contribution in [0.3, 0.4) is 0 Å². The third kappa shape index (κ3) is 1.21. The molecule has 2 unspecified atom stereocenters. The Morgan fingerprint density at radius 2 is 2.00 bits per heavy atom. The van der Waals surface area contributed by atoms with E-state index in [9.17, 15) is 0 Å². The van der Waals surface area contributed by atoms with Gasteiger partial charge in [0.1, 0.15) is 0 Å². The lowest BCUT2D eigenvalue weighted by Crippen LogP contribution is -2.42. The van der Waals surface area contributed by atoms with Crippen LogP contribution in [0.4, 0.5) is 0 Å². The van der Waals surface area contributed by atoms with E-state index in [1.165, 1.54) is 25.7 Å². The largest absolute Gasteiger partial charge is 0.0622 e. The second-order valence-corrected chi connectivity index (χ2v) is 5.54. The summed E-state index contributed by atoms with van der Waals surface area (Å²) < 4.78 is 0. The molecule has 11 heavy (non-hydrogen) atoms. The van der Waals surface area contributed by atoms with Crippen molar-refractivity contribution in [3.8, 4) is 0 Å². The lowest BCUT2D eigenvalue weighted by atomic mass is 9.54. The summed E-state index contributed by atoms with van der Waals surface area (Å²) in [5.74, 6) is 3.27. The fourth-order valence-corrected chi connectivity index (χ4v) is 3.22. The SMILES string of the molecule is C[C@@H]1CC2CC(C)(C)CCC21. The first-order valence-electron chi connectivity index (χ1n) is 5.08. The van der Waals surface area contributed by atoms with Crippen LogP contribution in [0, 0.1) is 23.2 Å². The second kappa shape index (κ2) is 2.24. The molecule has 0 N–H and O–H groups in total. The van der Waals surface area contributed by atoms with Crippen LogP contribution >= 0.6 is 0 Å². The molecule has 0 heteroatoms. The molecular weight excluding hydrogens is 132 g/mol. The van der Waals surface area contributed by atoms with Crippen molar-refractivity contribution in [2.24, 2.45) is 23.2 Å². The third-order valence-electron chi connectivity index (χ3n) is 3.98. The molecule has 3 atom stereocenters. The Labute approximate surface area is 70.4 Å². The molecule has 64 valence electrons. The van der Waals surface area contributed by atoms with Crippen molar-refractivity contribution in [1.82, 2.24) is 0 Å². The Bertz CT molecular complexity index is 157. The third-order valence-corrected chi connectivity index (χ3v) is 3.98. The second-order valence-electron chi connectivity index (χ2n) is 5.54. The molecule has 2 aliphatic rings. The van der Waals surface area contributed by atoms with E-state index < -0.39 is 0 Å². The maximum Gasteiger partial charge on any atom is -0.0351 e. The first-order valence-corrected chi connectivity index (χ1v) is 5.08. The van der Waals surface area contributed by atoms with Gasteiger partial charge in [0, 0.05) is 0 Å². The predicted molar refractivity (Wildman–Crippen MR) is 48.4 cm³/mol. The van der Waals surface area contributed by atoms with E-state index in [1.807, 2.05) is 0 Å². The normalized spacial score (nSPS) is 47.7. The molecular formula is C11H20. The van der Waals surface area contributed by atoms with E-state index in [2.05, 4.69) is 20.8 Å². The topological polar surface area (TPSA) is 0 Å². The van der Waals surface area contributed by atoms with E-state index in [-0.39, 0.29) is 0 Å². The maximum atomic E-state index is 2.44. The van der Waals surface area contributed by atoms with Crippen molar-refractivity contribution in [1.29, 1.82) is 0 Å². The average molecular weight is 152 g/mol. The van der Waals surface area contributed by atoms with Crippen LogP contribution in [0.15, 0.2) is 0 Å². The van der Waals surface area contributed by atoms with Crippen LogP contribution in [0.1, 0.15) is 46.5 Å². The molecule has 0 saturated heterocycles. The fraction of sp³-hybridized carbons (Fsp3) is 1.00. The molecule has 0 aromatic carbocycles. The van der Waals surface area contributed by atoms with E-state index in [1.54, 1.807) is 0 Å². The molecule has 0 radical (unpaired) electrons. The molecule has 2 aliphatic carbocycles. The highest BCUT2D eigenvalue weighted by Gasteiger charge is 2.44. The molecule has 0 heterocycles. The molecule has 0 bridgehead atoms. The molecule has 0 aliphatic heterocycles. The van der Waals surface area contributed by atoms with Gasteiger partial charge < -0.3 is 0 Å². The Hall–Kier alpha value is 0. The van der Waals surface area contributed by atoms with Crippen LogP contribution in [-0.4, -0.2) is 0 Å². The number of hydrogen-bond acceptors (Lipinski definition) is 0. The molecule has 0 amide bonds. The number of rotatable bonds is 0. The smallest absolute Gasteiger partial charge is 0.0351 e. The van der Waals surface area contributed by atoms with Gasteiger partial charge in [0.05, 0.1) is 0 Å². The standard InChI is InChI=1S/C11H20/c1-8-6-9-7-11(2,3)5-4-10(8)9/h8-10H,4-7H2,1-3H3/t8-,9?,10?/m1/s1. The minimum absolute atomic E-state index is 0.668. The minimum Gasteiger partial charge on any atom is -0.0622 e. The molecule has 0 aromatic rings. The van der Waals surface area contributed by atoms with E-state index in [4.69, 9.17) is 0 Å². The van der Waals surface area contributed by atoms with Gasteiger partial charge in [-0.2, -0.15) is 0 Å². The summed E-state index contributed by atoms with van der Waals surface area (Å²) in [7, 11) is 0. The van der Waals surface area contributed by atoms with E-state index >= 15 is 0 Å². The first-order chi connectivity index (χ1) is 5.08. The molecule has 0 nitrogen and oxygen atoms in total. The Balaban J connectivity index is 1.98. The minimum atomic E-state index is 0.668. The van der Waals surface area contributed by atoms with Crippen molar-refractivity contribution in [2.75, 3.05) is 0 Å². The van der Waals surface area contributed by atoms with Crippen molar-refractivity contribution < 1.29 is 0 Å². The van der Waals surface area contributed by atoms with Crippen molar-refractivity contribution in [2.45, 2.75) is 46.5 Å². The van der Waals surface area contributed by atoms with E-state index in [0.29, 0.717) is 5.41 Å². The van der Waals surface area contributed by atoms with Crippen LogP contribution < -0.4 is 0 Å².